The zero-order valence-corrected chi connectivity index (χ0v) is 22.7. The zero-order valence-electron chi connectivity index (χ0n) is 22.7. The Kier molecular flexibility index (Phi) is 8.35. The lowest BCUT2D eigenvalue weighted by Crippen LogP contribution is -2.45. The molecule has 1 aliphatic heterocycles. The molecule has 0 bridgehead atoms. The van der Waals surface area contributed by atoms with Gasteiger partial charge in [-0.3, -0.25) is 0 Å². The van der Waals surface area contributed by atoms with Crippen LogP contribution in [0.25, 0.3) is 0 Å². The van der Waals surface area contributed by atoms with Gasteiger partial charge in [-0.2, -0.15) is 0 Å². The second kappa shape index (κ2) is 11.3. The lowest BCUT2D eigenvalue weighted by molar-refractivity contribution is -0.0784. The molecule has 0 amide bonds. The number of hydrogen-bond donors (Lipinski definition) is 1. The second-order valence-corrected chi connectivity index (χ2v) is 11.2. The van der Waals surface area contributed by atoms with Crippen molar-refractivity contribution >= 4 is 0 Å². The van der Waals surface area contributed by atoms with Crippen LogP contribution in [0.5, 0.6) is 5.75 Å². The fraction of sp³-hybridized carbons (Fsp3) is 0.438. The largest absolute Gasteiger partial charge is 0.491 e. The van der Waals surface area contributed by atoms with Crippen LogP contribution in [-0.2, 0) is 15.8 Å². The Morgan fingerprint density at radius 2 is 1.24 bits per heavy atom. The summed E-state index contributed by atoms with van der Waals surface area (Å²) in [5.41, 5.74) is 4.45. The van der Waals surface area contributed by atoms with Gasteiger partial charge in [-0.05, 0) is 103 Å². The monoisotopic (exact) mass is 507 g/mol. The third kappa shape index (κ3) is 6.05. The van der Waals surface area contributed by atoms with Crippen LogP contribution in [-0.4, -0.2) is 26.3 Å². The maximum Gasteiger partial charge on any atom is 0.125 e. The van der Waals surface area contributed by atoms with Crippen molar-refractivity contribution in [2.45, 2.75) is 58.5 Å². The molecule has 0 radical (unpaired) electrons. The van der Waals surface area contributed by atoms with E-state index < -0.39 is 5.60 Å². The molecule has 1 aliphatic rings. The smallest absolute Gasteiger partial charge is 0.125 e. The van der Waals surface area contributed by atoms with Gasteiger partial charge in [0.25, 0.3) is 0 Å². The van der Waals surface area contributed by atoms with Crippen LogP contribution in [0.4, 0.5) is 8.78 Å². The number of ether oxygens (including phenoxy) is 2. The van der Waals surface area contributed by atoms with E-state index in [4.69, 9.17) is 9.47 Å². The van der Waals surface area contributed by atoms with Gasteiger partial charge in [-0.1, -0.05) is 57.2 Å². The highest BCUT2D eigenvalue weighted by atomic mass is 19.1. The number of hydrogen-bond acceptors (Lipinski definition) is 3. The number of rotatable bonds is 8. The molecule has 0 aliphatic carbocycles. The lowest BCUT2D eigenvalue weighted by Gasteiger charge is -2.43. The summed E-state index contributed by atoms with van der Waals surface area (Å²) in [6.45, 7) is 13.2. The van der Waals surface area contributed by atoms with Crippen molar-refractivity contribution in [3.05, 3.63) is 100 Å². The molecule has 1 N–H and O–H groups in total. The first-order valence-electron chi connectivity index (χ1n) is 13.2. The normalized spacial score (nSPS) is 15.1. The quantitative estimate of drug-likeness (QED) is 0.327. The molecule has 4 rings (SSSR count). The van der Waals surface area contributed by atoms with Gasteiger partial charge in [0, 0.05) is 0 Å². The van der Waals surface area contributed by atoms with E-state index in [1.54, 1.807) is 24.3 Å². The van der Waals surface area contributed by atoms with Crippen molar-refractivity contribution in [3.63, 3.8) is 0 Å². The summed E-state index contributed by atoms with van der Waals surface area (Å²) >= 11 is 0. The summed E-state index contributed by atoms with van der Waals surface area (Å²) in [6, 6.07) is 17.4. The molecule has 0 unspecified atom stereocenters. The maximum atomic E-state index is 13.9. The van der Waals surface area contributed by atoms with Crippen molar-refractivity contribution in [2.75, 3.05) is 26.3 Å². The molecule has 0 atom stereocenters. The van der Waals surface area contributed by atoms with Crippen molar-refractivity contribution in [2.24, 2.45) is 5.92 Å². The molecule has 198 valence electrons. The number of benzene rings is 3. The van der Waals surface area contributed by atoms with Gasteiger partial charge < -0.3 is 14.8 Å². The zero-order chi connectivity index (χ0) is 26.6. The van der Waals surface area contributed by atoms with Gasteiger partial charge in [0.05, 0.1) is 6.61 Å². The Bertz CT molecular complexity index is 1110. The molecular formula is C32H39F2NO2. The van der Waals surface area contributed by atoms with E-state index in [-0.39, 0.29) is 23.0 Å². The van der Waals surface area contributed by atoms with Gasteiger partial charge in [-0.15, -0.1) is 0 Å². The second-order valence-electron chi connectivity index (χ2n) is 11.2. The van der Waals surface area contributed by atoms with Gasteiger partial charge in [0.1, 0.15) is 29.6 Å². The average Bonchev–Trinajstić information content (AvgIpc) is 2.87. The van der Waals surface area contributed by atoms with Crippen LogP contribution < -0.4 is 10.1 Å². The Balaban J connectivity index is 1.63. The Morgan fingerprint density at radius 1 is 0.757 bits per heavy atom. The van der Waals surface area contributed by atoms with Crippen LogP contribution in [0.15, 0.2) is 60.7 Å². The summed E-state index contributed by atoms with van der Waals surface area (Å²) in [5.74, 6) is 0.428. The molecule has 1 heterocycles. The SMILES string of the molecule is Cc1cc(C(C)(C)C)cc(C)c1OCCOC(c1ccc(F)cc1)(c1ccc(F)cc1)C1CCNCC1. The summed E-state index contributed by atoms with van der Waals surface area (Å²) in [4.78, 5) is 0. The first-order valence-corrected chi connectivity index (χ1v) is 13.2. The highest BCUT2D eigenvalue weighted by Gasteiger charge is 2.43. The van der Waals surface area contributed by atoms with Crippen LogP contribution in [0.3, 0.4) is 0 Å². The van der Waals surface area contributed by atoms with Gasteiger partial charge in [0.2, 0.25) is 0 Å². The molecule has 3 nitrogen and oxygen atoms in total. The van der Waals surface area contributed by atoms with Gasteiger partial charge >= 0.3 is 0 Å². The first-order chi connectivity index (χ1) is 17.6. The summed E-state index contributed by atoms with van der Waals surface area (Å²) in [5, 5.41) is 3.42. The van der Waals surface area contributed by atoms with E-state index in [1.165, 1.54) is 29.8 Å². The van der Waals surface area contributed by atoms with Crippen molar-refractivity contribution < 1.29 is 18.3 Å². The third-order valence-corrected chi connectivity index (χ3v) is 7.45. The molecule has 3 aromatic rings. The Labute approximate surface area is 220 Å². The molecule has 3 aromatic carbocycles. The lowest BCUT2D eigenvalue weighted by atomic mass is 9.72. The van der Waals surface area contributed by atoms with E-state index in [9.17, 15) is 8.78 Å². The molecule has 5 heteroatoms. The standard InChI is InChI=1S/C32H39F2NO2/c1-22-20-27(31(3,4)5)21-23(2)30(22)36-18-19-37-32(26-14-16-35-17-15-26,24-6-10-28(33)11-7-24)25-8-12-29(34)13-9-25/h6-13,20-21,26,35H,14-19H2,1-5H3. The molecule has 0 spiro atoms. The predicted molar refractivity (Wildman–Crippen MR) is 145 cm³/mol. The van der Waals surface area contributed by atoms with Crippen molar-refractivity contribution in [1.82, 2.24) is 5.32 Å². The highest BCUT2D eigenvalue weighted by Crippen LogP contribution is 2.44. The van der Waals surface area contributed by atoms with Crippen LogP contribution in [0.1, 0.15) is 61.4 Å². The fourth-order valence-corrected chi connectivity index (χ4v) is 5.50. The molecule has 1 fully saturated rings. The predicted octanol–water partition coefficient (Wildman–Crippen LogP) is 7.22. The van der Waals surface area contributed by atoms with E-state index in [1.807, 2.05) is 0 Å². The minimum absolute atomic E-state index is 0.0654. The van der Waals surface area contributed by atoms with Crippen molar-refractivity contribution in [1.29, 1.82) is 0 Å². The summed E-state index contributed by atoms with van der Waals surface area (Å²) < 4.78 is 40.9. The maximum absolute atomic E-state index is 13.9. The Morgan fingerprint density at radius 3 is 1.70 bits per heavy atom. The number of piperidine rings is 1. The van der Waals surface area contributed by atoms with E-state index in [0.717, 1.165) is 53.9 Å². The minimum Gasteiger partial charge on any atom is -0.491 e. The molecule has 0 aromatic heterocycles. The fourth-order valence-electron chi connectivity index (χ4n) is 5.50. The first kappa shape index (κ1) is 27.3. The Hall–Kier alpha value is -2.76. The van der Waals surface area contributed by atoms with Crippen LogP contribution in [0, 0.1) is 31.4 Å². The topological polar surface area (TPSA) is 30.5 Å². The van der Waals surface area contributed by atoms with Gasteiger partial charge in [0.15, 0.2) is 0 Å². The van der Waals surface area contributed by atoms with Crippen LogP contribution >= 0.6 is 0 Å². The van der Waals surface area contributed by atoms with E-state index in [2.05, 4.69) is 52.1 Å². The van der Waals surface area contributed by atoms with Crippen molar-refractivity contribution in [3.8, 4) is 5.75 Å². The third-order valence-electron chi connectivity index (χ3n) is 7.45. The van der Waals surface area contributed by atoms with E-state index >= 15 is 0 Å². The minimum atomic E-state index is -0.840. The summed E-state index contributed by atoms with van der Waals surface area (Å²) in [7, 11) is 0. The molecule has 1 saturated heterocycles. The molecule has 37 heavy (non-hydrogen) atoms. The van der Waals surface area contributed by atoms with Gasteiger partial charge in [-0.25, -0.2) is 8.78 Å². The number of aryl methyl sites for hydroxylation is 2. The average molecular weight is 508 g/mol. The number of nitrogens with one attached hydrogen (secondary N) is 1. The van der Waals surface area contributed by atoms with Crippen LogP contribution in [0.2, 0.25) is 0 Å². The number of halogens is 2. The van der Waals surface area contributed by atoms with E-state index in [0.29, 0.717) is 13.2 Å². The highest BCUT2D eigenvalue weighted by molar-refractivity contribution is 5.45. The molecular weight excluding hydrogens is 468 g/mol. The molecule has 0 saturated carbocycles. The summed E-state index contributed by atoms with van der Waals surface area (Å²) in [6.07, 6.45) is 1.78.